The minimum atomic E-state index is -1.04. The van der Waals surface area contributed by atoms with E-state index >= 15 is 0 Å². The highest BCUT2D eigenvalue weighted by molar-refractivity contribution is 6.17. The second kappa shape index (κ2) is 4.50. The van der Waals surface area contributed by atoms with Crippen LogP contribution in [-0.2, 0) is 9.59 Å². The van der Waals surface area contributed by atoms with E-state index in [4.69, 9.17) is 5.11 Å². The summed E-state index contributed by atoms with van der Waals surface area (Å²) in [6.07, 6.45) is 0.610. The van der Waals surface area contributed by atoms with Crippen molar-refractivity contribution in [2.45, 2.75) is 26.7 Å². The maximum absolute atomic E-state index is 12.0. The van der Waals surface area contributed by atoms with E-state index in [1.807, 2.05) is 13.8 Å². The maximum atomic E-state index is 12.0. The smallest absolute Gasteiger partial charge is 0.335 e. The van der Waals surface area contributed by atoms with E-state index < -0.39 is 5.97 Å². The number of amides is 2. The summed E-state index contributed by atoms with van der Waals surface area (Å²) in [5.41, 5.74) is 0.238. The summed E-state index contributed by atoms with van der Waals surface area (Å²) in [5.74, 6) is -1.53. The Bertz CT molecular complexity index is 525. The maximum Gasteiger partial charge on any atom is 0.335 e. The van der Waals surface area contributed by atoms with E-state index in [2.05, 4.69) is 0 Å². The molecule has 1 fully saturated rings. The van der Waals surface area contributed by atoms with Crippen molar-refractivity contribution in [2.75, 3.05) is 4.90 Å². The van der Waals surface area contributed by atoms with Gasteiger partial charge in [-0.3, -0.25) is 14.5 Å². The third-order valence-corrected chi connectivity index (χ3v) is 3.13. The molecule has 1 saturated heterocycles. The zero-order valence-electron chi connectivity index (χ0n) is 10.8. The third-order valence-electron chi connectivity index (χ3n) is 3.13. The number of anilines is 1. The topological polar surface area (TPSA) is 74.7 Å². The molecule has 1 aromatic rings. The number of hydrogen-bond donors (Lipinski definition) is 1. The van der Waals surface area contributed by atoms with Gasteiger partial charge >= 0.3 is 5.97 Å². The molecule has 2 rings (SSSR count). The lowest BCUT2D eigenvalue weighted by atomic mass is 9.81. The van der Waals surface area contributed by atoms with Crippen LogP contribution in [0.3, 0.4) is 0 Å². The molecule has 0 spiro atoms. The number of benzene rings is 1. The monoisotopic (exact) mass is 261 g/mol. The van der Waals surface area contributed by atoms with Crippen LogP contribution >= 0.6 is 0 Å². The number of hydrogen-bond acceptors (Lipinski definition) is 3. The molecule has 0 aromatic heterocycles. The van der Waals surface area contributed by atoms with E-state index in [0.717, 1.165) is 4.90 Å². The molecule has 1 aromatic carbocycles. The fraction of sp³-hybridized carbons (Fsp3) is 0.357. The van der Waals surface area contributed by atoms with Gasteiger partial charge in [-0.25, -0.2) is 4.79 Å². The lowest BCUT2D eigenvalue weighted by Gasteiger charge is -2.34. The van der Waals surface area contributed by atoms with Gasteiger partial charge in [-0.2, -0.15) is 0 Å². The largest absolute Gasteiger partial charge is 0.478 e. The number of rotatable bonds is 2. The highest BCUT2D eigenvalue weighted by atomic mass is 16.4. The predicted octanol–water partition coefficient (Wildman–Crippen LogP) is 2.06. The van der Waals surface area contributed by atoms with Crippen molar-refractivity contribution in [3.05, 3.63) is 29.8 Å². The molecule has 1 heterocycles. The highest BCUT2D eigenvalue weighted by Crippen LogP contribution is 2.33. The molecule has 0 atom stereocenters. The number of carboxylic acids is 1. The molecule has 2 amide bonds. The van der Waals surface area contributed by atoms with Gasteiger partial charge in [0.05, 0.1) is 11.3 Å². The highest BCUT2D eigenvalue weighted by Gasteiger charge is 2.38. The Morgan fingerprint density at radius 1 is 1.11 bits per heavy atom. The predicted molar refractivity (Wildman–Crippen MR) is 68.9 cm³/mol. The first kappa shape index (κ1) is 13.3. The molecule has 0 saturated carbocycles. The van der Waals surface area contributed by atoms with E-state index in [1.165, 1.54) is 24.3 Å². The van der Waals surface area contributed by atoms with Gasteiger partial charge in [-0.15, -0.1) is 0 Å². The number of carboxylic acid groups (broad SMARTS) is 1. The Morgan fingerprint density at radius 2 is 1.58 bits per heavy atom. The lowest BCUT2D eigenvalue weighted by molar-refractivity contribution is -0.132. The van der Waals surface area contributed by atoms with Crippen LogP contribution in [0.15, 0.2) is 24.3 Å². The van der Waals surface area contributed by atoms with Crippen LogP contribution in [0, 0.1) is 5.41 Å². The summed E-state index contributed by atoms with van der Waals surface area (Å²) in [7, 11) is 0. The lowest BCUT2D eigenvalue weighted by Crippen LogP contribution is -2.46. The fourth-order valence-corrected chi connectivity index (χ4v) is 2.22. The third kappa shape index (κ3) is 2.65. The van der Waals surface area contributed by atoms with Crippen LogP contribution in [0.5, 0.6) is 0 Å². The average molecular weight is 261 g/mol. The quantitative estimate of drug-likeness (QED) is 0.827. The molecule has 0 radical (unpaired) electrons. The van der Waals surface area contributed by atoms with E-state index in [1.54, 1.807) is 0 Å². The minimum absolute atomic E-state index is 0.126. The zero-order valence-corrected chi connectivity index (χ0v) is 10.8. The second-order valence-electron chi connectivity index (χ2n) is 5.49. The van der Waals surface area contributed by atoms with Crippen molar-refractivity contribution in [2.24, 2.45) is 5.41 Å². The summed E-state index contributed by atoms with van der Waals surface area (Å²) in [6, 6.07) is 5.74. The van der Waals surface area contributed by atoms with E-state index in [0.29, 0.717) is 18.5 Å². The Hall–Kier alpha value is -2.17. The van der Waals surface area contributed by atoms with Gasteiger partial charge in [0.15, 0.2) is 0 Å². The molecular formula is C14H15NO4. The Kier molecular flexibility index (Phi) is 3.14. The minimum Gasteiger partial charge on any atom is -0.478 e. The van der Waals surface area contributed by atoms with Crippen LogP contribution in [0.4, 0.5) is 5.69 Å². The van der Waals surface area contributed by atoms with Crippen LogP contribution in [-0.4, -0.2) is 22.9 Å². The van der Waals surface area contributed by atoms with E-state index in [-0.39, 0.29) is 22.8 Å². The molecule has 19 heavy (non-hydrogen) atoms. The van der Waals surface area contributed by atoms with Crippen LogP contribution in [0.25, 0.3) is 0 Å². The van der Waals surface area contributed by atoms with Crippen LogP contribution < -0.4 is 4.90 Å². The average Bonchev–Trinajstić information content (AvgIpc) is 2.26. The number of aromatic carboxylic acids is 1. The standard InChI is InChI=1S/C14H15NO4/c1-14(2)7-11(16)15(12(17)8-14)10-5-3-9(4-6-10)13(18)19/h3-6H,7-8H2,1-2H3,(H,18,19). The van der Waals surface area contributed by atoms with Gasteiger partial charge in [0.2, 0.25) is 11.8 Å². The molecule has 0 aliphatic carbocycles. The number of carbonyl (C=O) groups is 3. The van der Waals surface area contributed by atoms with E-state index in [9.17, 15) is 14.4 Å². The molecule has 1 aliphatic rings. The van der Waals surface area contributed by atoms with Crippen molar-refractivity contribution >= 4 is 23.5 Å². The van der Waals surface area contributed by atoms with Crippen molar-refractivity contribution in [1.29, 1.82) is 0 Å². The van der Waals surface area contributed by atoms with Gasteiger partial charge in [-0.1, -0.05) is 13.8 Å². The SMILES string of the molecule is CC1(C)CC(=O)N(c2ccc(C(=O)O)cc2)C(=O)C1. The van der Waals surface area contributed by atoms with Crippen molar-refractivity contribution in [3.8, 4) is 0 Å². The van der Waals surface area contributed by atoms with Gasteiger partial charge in [0, 0.05) is 12.8 Å². The molecule has 5 nitrogen and oxygen atoms in total. The Morgan fingerprint density at radius 3 is 2.00 bits per heavy atom. The van der Waals surface area contributed by atoms with Crippen molar-refractivity contribution in [3.63, 3.8) is 0 Å². The first-order chi connectivity index (χ1) is 8.80. The van der Waals surface area contributed by atoms with Gasteiger partial charge in [0.1, 0.15) is 0 Å². The molecular weight excluding hydrogens is 246 g/mol. The molecule has 0 bridgehead atoms. The number of imide groups is 1. The van der Waals surface area contributed by atoms with Gasteiger partial charge in [-0.05, 0) is 29.7 Å². The summed E-state index contributed by atoms with van der Waals surface area (Å²) < 4.78 is 0. The molecule has 1 N–H and O–H groups in total. The Labute approximate surface area is 110 Å². The number of carbonyl (C=O) groups excluding carboxylic acids is 2. The van der Waals surface area contributed by atoms with Crippen LogP contribution in [0.1, 0.15) is 37.0 Å². The summed E-state index contributed by atoms with van der Waals surface area (Å²) in [6.45, 7) is 3.77. The second-order valence-corrected chi connectivity index (χ2v) is 5.49. The first-order valence-corrected chi connectivity index (χ1v) is 5.99. The number of piperidine rings is 1. The van der Waals surface area contributed by atoms with Crippen molar-refractivity contribution < 1.29 is 19.5 Å². The van der Waals surface area contributed by atoms with Crippen molar-refractivity contribution in [1.82, 2.24) is 0 Å². The molecule has 100 valence electrons. The van der Waals surface area contributed by atoms with Crippen LogP contribution in [0.2, 0.25) is 0 Å². The summed E-state index contributed by atoms with van der Waals surface area (Å²) in [5, 5.41) is 8.81. The molecule has 1 aliphatic heterocycles. The summed E-state index contributed by atoms with van der Waals surface area (Å²) >= 11 is 0. The first-order valence-electron chi connectivity index (χ1n) is 5.99. The Balaban J connectivity index is 2.29. The zero-order chi connectivity index (χ0) is 14.2. The fourth-order valence-electron chi connectivity index (χ4n) is 2.22. The number of nitrogens with zero attached hydrogens (tertiary/aromatic N) is 1. The molecule has 0 unspecified atom stereocenters. The summed E-state index contributed by atoms with van der Waals surface area (Å²) in [4.78, 5) is 35.9. The van der Waals surface area contributed by atoms with Gasteiger partial charge in [0.25, 0.3) is 0 Å². The van der Waals surface area contributed by atoms with Gasteiger partial charge < -0.3 is 5.11 Å². The molecule has 5 heteroatoms. The normalized spacial score (nSPS) is 18.5.